The normalized spacial score (nSPS) is 12.4. The lowest BCUT2D eigenvalue weighted by Crippen LogP contribution is -2.24. The van der Waals surface area contributed by atoms with Crippen LogP contribution in [-0.4, -0.2) is 11.5 Å². The number of nitrogens with zero attached hydrogens (tertiary/aromatic N) is 1. The number of likely N-dealkylation sites (N-methyl/N-ethyl adjacent to an activating group) is 1. The van der Waals surface area contributed by atoms with Crippen LogP contribution in [0.3, 0.4) is 0 Å². The first-order valence-corrected chi connectivity index (χ1v) is 7.50. The van der Waals surface area contributed by atoms with Gasteiger partial charge in [-0.2, -0.15) is 0 Å². The molecule has 0 spiro atoms. The van der Waals surface area contributed by atoms with Gasteiger partial charge in [0.25, 0.3) is 0 Å². The molecule has 0 radical (unpaired) electrons. The number of aryl methyl sites for hydroxylation is 1. The van der Waals surface area contributed by atoms with Crippen molar-refractivity contribution in [2.24, 2.45) is 0 Å². The van der Waals surface area contributed by atoms with Gasteiger partial charge in [-0.15, -0.1) is 0 Å². The van der Waals surface area contributed by atoms with E-state index in [0.29, 0.717) is 4.47 Å². The van der Waals surface area contributed by atoms with E-state index in [1.807, 2.05) is 32.0 Å². The number of hydrogen-bond donors (Lipinski definition) is 1. The molecule has 2 nitrogen and oxygen atoms in total. The zero-order valence-electron chi connectivity index (χ0n) is 11.7. The molecule has 0 bridgehead atoms. The van der Waals surface area contributed by atoms with Crippen LogP contribution in [0.1, 0.15) is 29.8 Å². The van der Waals surface area contributed by atoms with Crippen LogP contribution in [0.15, 0.2) is 41.0 Å². The molecule has 1 atom stereocenters. The van der Waals surface area contributed by atoms with Crippen molar-refractivity contribution in [3.63, 3.8) is 0 Å². The molecule has 0 saturated heterocycles. The van der Waals surface area contributed by atoms with Crippen LogP contribution in [0.2, 0.25) is 0 Å². The van der Waals surface area contributed by atoms with E-state index in [2.05, 4.69) is 26.2 Å². The van der Waals surface area contributed by atoms with Crippen molar-refractivity contribution in [2.75, 3.05) is 6.54 Å². The molecule has 1 aromatic heterocycles. The van der Waals surface area contributed by atoms with Crippen molar-refractivity contribution in [3.05, 3.63) is 63.6 Å². The van der Waals surface area contributed by atoms with Crippen molar-refractivity contribution in [1.29, 1.82) is 0 Å². The van der Waals surface area contributed by atoms with Gasteiger partial charge in [-0.1, -0.05) is 25.1 Å². The summed E-state index contributed by atoms with van der Waals surface area (Å²) in [4.78, 5) is 4.43. The van der Waals surface area contributed by atoms with Gasteiger partial charge in [0, 0.05) is 24.4 Å². The monoisotopic (exact) mass is 336 g/mol. The Hall–Kier alpha value is -1.26. The van der Waals surface area contributed by atoms with Gasteiger partial charge < -0.3 is 5.32 Å². The first-order chi connectivity index (χ1) is 9.63. The summed E-state index contributed by atoms with van der Waals surface area (Å²) in [5, 5.41) is 3.41. The van der Waals surface area contributed by atoms with Crippen molar-refractivity contribution < 1.29 is 4.39 Å². The molecule has 2 rings (SSSR count). The SMILES string of the molecule is CCNC(Cc1ncccc1C)c1cccc(F)c1Br. The summed E-state index contributed by atoms with van der Waals surface area (Å²) < 4.78 is 14.2. The molecule has 0 aliphatic heterocycles. The zero-order valence-corrected chi connectivity index (χ0v) is 13.2. The fourth-order valence-corrected chi connectivity index (χ4v) is 2.79. The third-order valence-electron chi connectivity index (χ3n) is 3.32. The van der Waals surface area contributed by atoms with Gasteiger partial charge in [-0.25, -0.2) is 4.39 Å². The predicted molar refractivity (Wildman–Crippen MR) is 83.2 cm³/mol. The van der Waals surface area contributed by atoms with Gasteiger partial charge in [-0.05, 0) is 52.7 Å². The highest BCUT2D eigenvalue weighted by Gasteiger charge is 2.17. The Morgan fingerprint density at radius 3 is 2.80 bits per heavy atom. The summed E-state index contributed by atoms with van der Waals surface area (Å²) in [5.41, 5.74) is 3.12. The molecule has 20 heavy (non-hydrogen) atoms. The maximum Gasteiger partial charge on any atom is 0.137 e. The van der Waals surface area contributed by atoms with Crippen LogP contribution < -0.4 is 5.32 Å². The fraction of sp³-hybridized carbons (Fsp3) is 0.312. The number of nitrogens with one attached hydrogen (secondary N) is 1. The number of hydrogen-bond acceptors (Lipinski definition) is 2. The molecule has 4 heteroatoms. The summed E-state index contributed by atoms with van der Waals surface area (Å²) in [5.74, 6) is -0.233. The minimum absolute atomic E-state index is 0.0404. The summed E-state index contributed by atoms with van der Waals surface area (Å²) in [6.45, 7) is 4.91. The second kappa shape index (κ2) is 6.95. The molecular formula is C16H18BrFN2. The van der Waals surface area contributed by atoms with Crippen LogP contribution in [0.4, 0.5) is 4.39 Å². The summed E-state index contributed by atoms with van der Waals surface area (Å²) >= 11 is 3.35. The second-order valence-corrected chi connectivity index (χ2v) is 5.52. The minimum Gasteiger partial charge on any atom is -0.310 e. The predicted octanol–water partition coefficient (Wildman–Crippen LogP) is 4.18. The second-order valence-electron chi connectivity index (χ2n) is 4.72. The minimum atomic E-state index is -0.233. The Bertz CT molecular complexity index is 586. The Balaban J connectivity index is 2.32. The molecule has 0 fully saturated rings. The molecule has 0 aliphatic carbocycles. The lowest BCUT2D eigenvalue weighted by Gasteiger charge is -2.20. The van der Waals surface area contributed by atoms with E-state index in [-0.39, 0.29) is 11.9 Å². The Labute approximate surface area is 127 Å². The van der Waals surface area contributed by atoms with E-state index in [1.165, 1.54) is 6.07 Å². The third kappa shape index (κ3) is 3.44. The zero-order chi connectivity index (χ0) is 14.5. The Morgan fingerprint density at radius 2 is 2.10 bits per heavy atom. The van der Waals surface area contributed by atoms with Crippen molar-refractivity contribution in [3.8, 4) is 0 Å². The van der Waals surface area contributed by atoms with Crippen LogP contribution in [0, 0.1) is 12.7 Å². The van der Waals surface area contributed by atoms with E-state index in [0.717, 1.165) is 29.8 Å². The standard InChI is InChI=1S/C16H18BrFN2/c1-3-19-15(10-14-11(2)6-5-9-20-14)12-7-4-8-13(18)16(12)17/h4-9,15,19H,3,10H2,1-2H3. The highest BCUT2D eigenvalue weighted by molar-refractivity contribution is 9.10. The summed E-state index contributed by atoms with van der Waals surface area (Å²) in [6, 6.07) is 9.16. The fourth-order valence-electron chi connectivity index (χ4n) is 2.25. The van der Waals surface area contributed by atoms with Crippen LogP contribution >= 0.6 is 15.9 Å². The highest BCUT2D eigenvalue weighted by Crippen LogP contribution is 2.28. The van der Waals surface area contributed by atoms with Crippen LogP contribution in [0.5, 0.6) is 0 Å². The van der Waals surface area contributed by atoms with Crippen LogP contribution in [-0.2, 0) is 6.42 Å². The molecule has 0 amide bonds. The maximum absolute atomic E-state index is 13.7. The molecular weight excluding hydrogens is 319 g/mol. The van der Waals surface area contributed by atoms with Gasteiger partial charge in [-0.3, -0.25) is 4.98 Å². The lowest BCUT2D eigenvalue weighted by atomic mass is 9.99. The maximum atomic E-state index is 13.7. The molecule has 1 N–H and O–H groups in total. The first kappa shape index (κ1) is 15.1. The Morgan fingerprint density at radius 1 is 1.30 bits per heavy atom. The van der Waals surface area contributed by atoms with E-state index >= 15 is 0 Å². The van der Waals surface area contributed by atoms with Crippen molar-refractivity contribution in [2.45, 2.75) is 26.3 Å². The van der Waals surface area contributed by atoms with E-state index < -0.39 is 0 Å². The molecule has 1 heterocycles. The van der Waals surface area contributed by atoms with Gasteiger partial charge in [0.15, 0.2) is 0 Å². The molecule has 1 unspecified atom stereocenters. The lowest BCUT2D eigenvalue weighted by molar-refractivity contribution is 0.532. The van der Waals surface area contributed by atoms with Crippen molar-refractivity contribution in [1.82, 2.24) is 10.3 Å². The van der Waals surface area contributed by atoms with E-state index in [9.17, 15) is 4.39 Å². The van der Waals surface area contributed by atoms with E-state index in [4.69, 9.17) is 0 Å². The van der Waals surface area contributed by atoms with Gasteiger partial charge in [0.2, 0.25) is 0 Å². The third-order valence-corrected chi connectivity index (χ3v) is 4.16. The number of rotatable bonds is 5. The highest BCUT2D eigenvalue weighted by atomic mass is 79.9. The van der Waals surface area contributed by atoms with Crippen molar-refractivity contribution >= 4 is 15.9 Å². The summed E-state index contributed by atoms with van der Waals surface area (Å²) in [6.07, 6.45) is 2.54. The quantitative estimate of drug-likeness (QED) is 0.885. The molecule has 2 aromatic rings. The number of benzene rings is 1. The Kier molecular flexibility index (Phi) is 5.26. The summed E-state index contributed by atoms with van der Waals surface area (Å²) in [7, 11) is 0. The van der Waals surface area contributed by atoms with E-state index in [1.54, 1.807) is 12.3 Å². The molecule has 1 aromatic carbocycles. The average molecular weight is 337 g/mol. The van der Waals surface area contributed by atoms with Gasteiger partial charge in [0.1, 0.15) is 5.82 Å². The smallest absolute Gasteiger partial charge is 0.137 e. The number of pyridine rings is 1. The van der Waals surface area contributed by atoms with Gasteiger partial charge in [0.05, 0.1) is 4.47 Å². The first-order valence-electron chi connectivity index (χ1n) is 6.71. The van der Waals surface area contributed by atoms with Crippen LogP contribution in [0.25, 0.3) is 0 Å². The largest absolute Gasteiger partial charge is 0.310 e. The van der Waals surface area contributed by atoms with Gasteiger partial charge >= 0.3 is 0 Å². The number of halogens is 2. The average Bonchev–Trinajstić information content (AvgIpc) is 2.44. The molecule has 0 aliphatic rings. The topological polar surface area (TPSA) is 24.9 Å². The number of aromatic nitrogens is 1. The molecule has 0 saturated carbocycles. The molecule has 106 valence electrons.